The van der Waals surface area contributed by atoms with Gasteiger partial charge in [-0.25, -0.2) is 10.1 Å². The third-order valence-corrected chi connectivity index (χ3v) is 2.06. The zero-order valence-corrected chi connectivity index (χ0v) is 9.08. The van der Waals surface area contributed by atoms with E-state index in [1.54, 1.807) is 6.08 Å². The molecule has 0 saturated carbocycles. The second-order valence-corrected chi connectivity index (χ2v) is 3.36. The monoisotopic (exact) mass is 202 g/mol. The summed E-state index contributed by atoms with van der Waals surface area (Å²) in [6.45, 7) is 6.13. The highest BCUT2D eigenvalue weighted by Gasteiger charge is 2.07. The van der Waals surface area contributed by atoms with Crippen LogP contribution in [0, 0.1) is 0 Å². The Morgan fingerprint density at radius 3 is 2.57 bits per heavy atom. The van der Waals surface area contributed by atoms with Gasteiger partial charge >= 0.3 is 0 Å². The van der Waals surface area contributed by atoms with Crippen LogP contribution in [0.4, 0.5) is 0 Å². The van der Waals surface area contributed by atoms with Crippen LogP contribution < -0.4 is 0 Å². The van der Waals surface area contributed by atoms with E-state index in [4.69, 9.17) is 9.99 Å². The third-order valence-electron chi connectivity index (χ3n) is 2.06. The number of rotatable bonds is 10. The van der Waals surface area contributed by atoms with Gasteiger partial charge in [0.25, 0.3) is 0 Å². The van der Waals surface area contributed by atoms with Crippen molar-refractivity contribution in [2.75, 3.05) is 6.61 Å². The van der Waals surface area contributed by atoms with E-state index in [0.717, 1.165) is 12.8 Å². The summed E-state index contributed by atoms with van der Waals surface area (Å²) in [6, 6.07) is 0. The molecule has 0 fully saturated rings. The fraction of sp³-hybridized carbons (Fsp3) is 0.818. The fourth-order valence-corrected chi connectivity index (χ4v) is 1.26. The Balaban J connectivity index is 3.28. The van der Waals surface area contributed by atoms with Gasteiger partial charge in [0.2, 0.25) is 0 Å². The minimum Gasteiger partial charge on any atom is -0.346 e. The minimum atomic E-state index is -0.491. The minimum absolute atomic E-state index is 0.417. The summed E-state index contributed by atoms with van der Waals surface area (Å²) < 4.78 is 5.16. The van der Waals surface area contributed by atoms with Crippen LogP contribution in [0.5, 0.6) is 0 Å². The van der Waals surface area contributed by atoms with Crippen molar-refractivity contribution in [1.29, 1.82) is 0 Å². The lowest BCUT2D eigenvalue weighted by molar-refractivity contribution is -0.345. The van der Waals surface area contributed by atoms with Crippen LogP contribution in [-0.4, -0.2) is 18.2 Å². The van der Waals surface area contributed by atoms with Gasteiger partial charge < -0.3 is 4.74 Å². The van der Waals surface area contributed by atoms with E-state index >= 15 is 0 Å². The lowest BCUT2D eigenvalue weighted by Gasteiger charge is -2.12. The van der Waals surface area contributed by atoms with Gasteiger partial charge in [-0.3, -0.25) is 0 Å². The van der Waals surface area contributed by atoms with Gasteiger partial charge in [0.15, 0.2) is 6.29 Å². The maximum atomic E-state index is 8.50. The van der Waals surface area contributed by atoms with Crippen molar-refractivity contribution in [3.63, 3.8) is 0 Å². The smallest absolute Gasteiger partial charge is 0.191 e. The van der Waals surface area contributed by atoms with Crippen LogP contribution in [0.3, 0.4) is 0 Å². The summed E-state index contributed by atoms with van der Waals surface area (Å²) in [5, 5.41) is 8.50. The van der Waals surface area contributed by atoms with Crippen LogP contribution in [0.2, 0.25) is 0 Å². The molecule has 0 aliphatic rings. The van der Waals surface area contributed by atoms with E-state index < -0.39 is 6.29 Å². The molecule has 1 unspecified atom stereocenters. The lowest BCUT2D eigenvalue weighted by atomic mass is 10.1. The predicted molar refractivity (Wildman–Crippen MR) is 57.0 cm³/mol. The van der Waals surface area contributed by atoms with Crippen molar-refractivity contribution < 1.29 is 14.9 Å². The predicted octanol–water partition coefficient (Wildman–Crippen LogP) is 3.37. The maximum Gasteiger partial charge on any atom is 0.191 e. The molecular weight excluding hydrogens is 180 g/mol. The highest BCUT2D eigenvalue weighted by Crippen LogP contribution is 2.09. The summed E-state index contributed by atoms with van der Waals surface area (Å²) in [5.41, 5.74) is 0. The lowest BCUT2D eigenvalue weighted by Crippen LogP contribution is -2.15. The normalized spacial score (nSPS) is 12.7. The van der Waals surface area contributed by atoms with E-state index in [0.29, 0.717) is 6.61 Å². The Morgan fingerprint density at radius 2 is 2.00 bits per heavy atom. The van der Waals surface area contributed by atoms with Crippen molar-refractivity contribution in [1.82, 2.24) is 0 Å². The number of ether oxygens (including phenoxy) is 1. The van der Waals surface area contributed by atoms with Crippen molar-refractivity contribution in [3.05, 3.63) is 12.7 Å². The molecule has 3 heteroatoms. The van der Waals surface area contributed by atoms with Crippen molar-refractivity contribution in [2.45, 2.75) is 51.7 Å². The van der Waals surface area contributed by atoms with E-state index in [-0.39, 0.29) is 0 Å². The molecule has 0 aromatic rings. The maximum absolute atomic E-state index is 8.50. The second kappa shape index (κ2) is 10.7. The average molecular weight is 202 g/mol. The first-order valence-electron chi connectivity index (χ1n) is 5.37. The van der Waals surface area contributed by atoms with Crippen LogP contribution in [0.25, 0.3) is 0 Å². The van der Waals surface area contributed by atoms with Gasteiger partial charge in [0, 0.05) is 6.42 Å². The Hall–Kier alpha value is -0.380. The van der Waals surface area contributed by atoms with Crippen LogP contribution in [0.15, 0.2) is 12.7 Å². The molecule has 0 aliphatic carbocycles. The molecule has 0 rings (SSSR count). The summed E-state index contributed by atoms with van der Waals surface area (Å²) >= 11 is 0. The molecule has 0 aromatic heterocycles. The number of hydrogen-bond donors (Lipinski definition) is 1. The van der Waals surface area contributed by atoms with Gasteiger partial charge in [-0.2, -0.15) is 0 Å². The molecule has 0 amide bonds. The molecule has 1 N–H and O–H groups in total. The molecule has 0 aromatic carbocycles. The van der Waals surface area contributed by atoms with Crippen molar-refractivity contribution in [2.24, 2.45) is 0 Å². The van der Waals surface area contributed by atoms with Gasteiger partial charge in [0.05, 0.1) is 6.61 Å². The average Bonchev–Trinajstić information content (AvgIpc) is 2.22. The first kappa shape index (κ1) is 13.6. The molecule has 0 aliphatic heterocycles. The molecule has 0 radical (unpaired) electrons. The van der Waals surface area contributed by atoms with Crippen molar-refractivity contribution in [3.8, 4) is 0 Å². The Bertz CT molecular complexity index is 126. The zero-order valence-electron chi connectivity index (χ0n) is 9.08. The summed E-state index contributed by atoms with van der Waals surface area (Å²) in [7, 11) is 0. The Morgan fingerprint density at radius 1 is 1.29 bits per heavy atom. The zero-order chi connectivity index (χ0) is 10.6. The van der Waals surface area contributed by atoms with Crippen LogP contribution in [-0.2, 0) is 9.62 Å². The molecule has 0 bridgehead atoms. The van der Waals surface area contributed by atoms with Crippen molar-refractivity contribution >= 4 is 0 Å². The Labute approximate surface area is 86.6 Å². The van der Waals surface area contributed by atoms with Crippen LogP contribution >= 0.6 is 0 Å². The SMILES string of the molecule is C=CCOC(CCCCCCC)OO. The molecular formula is C11H22O3. The topological polar surface area (TPSA) is 38.7 Å². The largest absolute Gasteiger partial charge is 0.346 e. The molecule has 0 saturated heterocycles. The van der Waals surface area contributed by atoms with Gasteiger partial charge in [0.1, 0.15) is 0 Å². The van der Waals surface area contributed by atoms with E-state index in [2.05, 4.69) is 18.4 Å². The molecule has 1 atom stereocenters. The highest BCUT2D eigenvalue weighted by atomic mass is 17.1. The molecule has 14 heavy (non-hydrogen) atoms. The quantitative estimate of drug-likeness (QED) is 0.194. The summed E-state index contributed by atoms with van der Waals surface area (Å²) in [6.07, 6.45) is 7.86. The van der Waals surface area contributed by atoms with E-state index in [9.17, 15) is 0 Å². The van der Waals surface area contributed by atoms with Gasteiger partial charge in [-0.15, -0.1) is 6.58 Å². The first-order chi connectivity index (χ1) is 6.85. The fourth-order valence-electron chi connectivity index (χ4n) is 1.26. The Kier molecular flexibility index (Phi) is 10.4. The molecule has 0 heterocycles. The van der Waals surface area contributed by atoms with E-state index in [1.165, 1.54) is 25.7 Å². The van der Waals surface area contributed by atoms with Crippen LogP contribution in [0.1, 0.15) is 45.4 Å². The van der Waals surface area contributed by atoms with Gasteiger partial charge in [-0.05, 0) is 6.42 Å². The van der Waals surface area contributed by atoms with Gasteiger partial charge in [-0.1, -0.05) is 38.7 Å². The highest BCUT2D eigenvalue weighted by molar-refractivity contribution is 4.64. The molecule has 84 valence electrons. The van der Waals surface area contributed by atoms with E-state index in [1.807, 2.05) is 0 Å². The first-order valence-corrected chi connectivity index (χ1v) is 5.37. The number of hydrogen-bond acceptors (Lipinski definition) is 3. The molecule has 0 spiro atoms. The third kappa shape index (κ3) is 8.23. The number of unbranched alkanes of at least 4 members (excludes halogenated alkanes) is 4. The summed E-state index contributed by atoms with van der Waals surface area (Å²) in [5.74, 6) is 0. The standard InChI is InChI=1S/C11H22O3/c1-3-5-6-7-8-9-11(14-12)13-10-4-2/h4,11-12H,2-3,5-10H2,1H3. The molecule has 3 nitrogen and oxygen atoms in total. The summed E-state index contributed by atoms with van der Waals surface area (Å²) in [4.78, 5) is 4.19. The second-order valence-electron chi connectivity index (χ2n) is 3.36.